The highest BCUT2D eigenvalue weighted by atomic mass is 16.5. The summed E-state index contributed by atoms with van der Waals surface area (Å²) < 4.78 is 5.19. The summed E-state index contributed by atoms with van der Waals surface area (Å²) in [7, 11) is 1.74. The van der Waals surface area contributed by atoms with E-state index in [4.69, 9.17) is 4.74 Å². The van der Waals surface area contributed by atoms with Crippen molar-refractivity contribution in [3.8, 4) is 0 Å². The van der Waals surface area contributed by atoms with Crippen molar-refractivity contribution >= 4 is 0 Å². The van der Waals surface area contributed by atoms with Gasteiger partial charge in [0.05, 0.1) is 11.2 Å². The van der Waals surface area contributed by atoms with Gasteiger partial charge in [-0.2, -0.15) is 0 Å². The Morgan fingerprint density at radius 2 is 1.67 bits per heavy atom. The van der Waals surface area contributed by atoms with E-state index in [1.165, 1.54) is 44.9 Å². The van der Waals surface area contributed by atoms with Crippen LogP contribution < -0.4 is 0 Å². The number of rotatable bonds is 8. The van der Waals surface area contributed by atoms with E-state index in [9.17, 15) is 10.2 Å². The summed E-state index contributed by atoms with van der Waals surface area (Å²) >= 11 is 0. The van der Waals surface area contributed by atoms with Crippen LogP contribution in [0, 0.1) is 46.3 Å². The zero-order valence-electron chi connectivity index (χ0n) is 22.7. The number of hydrogen-bond donors (Lipinski definition) is 2. The molecule has 0 bridgehead atoms. The third-order valence-electron chi connectivity index (χ3n) is 11.9. The van der Waals surface area contributed by atoms with Crippen LogP contribution in [0.3, 0.4) is 0 Å². The van der Waals surface area contributed by atoms with Gasteiger partial charge >= 0.3 is 0 Å². The first kappa shape index (κ1) is 26.0. The van der Waals surface area contributed by atoms with Crippen molar-refractivity contribution < 1.29 is 14.9 Å². The monoisotopic (exact) mass is 462 g/mol. The van der Waals surface area contributed by atoms with E-state index in [0.29, 0.717) is 16.7 Å². The first-order chi connectivity index (χ1) is 15.4. The Bertz CT molecular complexity index is 671. The Labute approximate surface area is 204 Å². The average molecular weight is 463 g/mol. The van der Waals surface area contributed by atoms with Gasteiger partial charge in [-0.3, -0.25) is 0 Å². The third-order valence-corrected chi connectivity index (χ3v) is 11.9. The van der Waals surface area contributed by atoms with Crippen LogP contribution in [-0.4, -0.2) is 35.1 Å². The number of ether oxygens (including phenoxy) is 1. The summed E-state index contributed by atoms with van der Waals surface area (Å²) in [6.07, 6.45) is 15.5. The van der Waals surface area contributed by atoms with E-state index in [-0.39, 0.29) is 0 Å². The van der Waals surface area contributed by atoms with Crippen molar-refractivity contribution in [2.75, 3.05) is 13.7 Å². The van der Waals surface area contributed by atoms with Gasteiger partial charge in [-0.25, -0.2) is 0 Å². The molecule has 0 aromatic heterocycles. The van der Waals surface area contributed by atoms with Gasteiger partial charge in [0.15, 0.2) is 0 Å². The quantitative estimate of drug-likeness (QED) is 0.382. The molecular formula is C30H54O3. The highest BCUT2D eigenvalue weighted by Crippen LogP contribution is 2.68. The van der Waals surface area contributed by atoms with Gasteiger partial charge < -0.3 is 14.9 Å². The predicted molar refractivity (Wildman–Crippen MR) is 136 cm³/mol. The fraction of sp³-hybridized carbons (Fsp3) is 1.00. The van der Waals surface area contributed by atoms with Crippen molar-refractivity contribution in [2.24, 2.45) is 46.3 Å². The van der Waals surface area contributed by atoms with Crippen LogP contribution in [0.2, 0.25) is 0 Å². The van der Waals surface area contributed by atoms with Gasteiger partial charge in [0, 0.05) is 13.7 Å². The molecular weight excluding hydrogens is 408 g/mol. The first-order valence-electron chi connectivity index (χ1n) is 14.4. The Morgan fingerprint density at radius 3 is 2.39 bits per heavy atom. The number of aliphatic hydroxyl groups is 2. The van der Waals surface area contributed by atoms with E-state index in [2.05, 4.69) is 27.7 Å². The molecule has 4 aliphatic rings. The lowest BCUT2D eigenvalue weighted by Crippen LogP contribution is -2.55. The van der Waals surface area contributed by atoms with Crippen molar-refractivity contribution in [3.63, 3.8) is 0 Å². The molecule has 3 nitrogen and oxygen atoms in total. The lowest BCUT2D eigenvalue weighted by molar-refractivity contribution is -0.148. The SMILES string of the molecule is COCCC[C@](C)(O)CC[C@@H](C)[C@H]1CC[C@H]2[C@@H]3CC[C@H]4C[C@@](C)(O)CC[C@]4(C)[C@H]3CC[C@]12C. The Balaban J connectivity index is 1.40. The van der Waals surface area contributed by atoms with Crippen LogP contribution in [0.5, 0.6) is 0 Å². The molecule has 0 heterocycles. The minimum absolute atomic E-state index is 0.432. The van der Waals surface area contributed by atoms with Crippen molar-refractivity contribution in [1.29, 1.82) is 0 Å². The summed E-state index contributed by atoms with van der Waals surface area (Å²) in [4.78, 5) is 0. The number of hydrogen-bond acceptors (Lipinski definition) is 3. The topological polar surface area (TPSA) is 49.7 Å². The minimum atomic E-state index is -0.557. The molecule has 0 unspecified atom stereocenters. The molecule has 2 N–H and O–H groups in total. The largest absolute Gasteiger partial charge is 0.390 e. The molecule has 4 aliphatic carbocycles. The number of methoxy groups -OCH3 is 1. The molecule has 0 spiro atoms. The Morgan fingerprint density at radius 1 is 0.939 bits per heavy atom. The third kappa shape index (κ3) is 4.94. The average Bonchev–Trinajstić information content (AvgIpc) is 3.10. The van der Waals surface area contributed by atoms with Crippen LogP contribution >= 0.6 is 0 Å². The maximum atomic E-state index is 10.9. The van der Waals surface area contributed by atoms with Crippen LogP contribution in [0.15, 0.2) is 0 Å². The fourth-order valence-electron chi connectivity index (χ4n) is 9.87. The second kappa shape index (κ2) is 9.40. The molecule has 3 heteroatoms. The second-order valence-electron chi connectivity index (χ2n) is 14.2. The van der Waals surface area contributed by atoms with Crippen molar-refractivity contribution in [3.05, 3.63) is 0 Å². The molecule has 10 atom stereocenters. The van der Waals surface area contributed by atoms with E-state index >= 15 is 0 Å². The Kier molecular flexibility index (Phi) is 7.39. The van der Waals surface area contributed by atoms with Gasteiger partial charge in [0.1, 0.15) is 0 Å². The zero-order chi connectivity index (χ0) is 24.1. The van der Waals surface area contributed by atoms with Crippen molar-refractivity contribution in [1.82, 2.24) is 0 Å². The normalized spacial score (nSPS) is 47.8. The summed E-state index contributed by atoms with van der Waals surface area (Å²) in [5, 5.41) is 21.6. The van der Waals surface area contributed by atoms with Gasteiger partial charge in [-0.15, -0.1) is 0 Å². The van der Waals surface area contributed by atoms with Crippen LogP contribution in [0.25, 0.3) is 0 Å². The zero-order valence-corrected chi connectivity index (χ0v) is 22.7. The van der Waals surface area contributed by atoms with Crippen molar-refractivity contribution in [2.45, 2.75) is 129 Å². The van der Waals surface area contributed by atoms with E-state index in [1.807, 2.05) is 6.92 Å². The molecule has 192 valence electrons. The van der Waals surface area contributed by atoms with E-state index < -0.39 is 11.2 Å². The molecule has 4 rings (SSSR count). The van der Waals surface area contributed by atoms with Crippen LogP contribution in [0.1, 0.15) is 118 Å². The summed E-state index contributed by atoms with van der Waals surface area (Å²) in [6, 6.07) is 0. The Hall–Kier alpha value is -0.120. The van der Waals surface area contributed by atoms with E-state index in [1.54, 1.807) is 7.11 Å². The lowest BCUT2D eigenvalue weighted by Gasteiger charge is -2.62. The molecule has 0 amide bonds. The molecule has 4 saturated carbocycles. The summed E-state index contributed by atoms with van der Waals surface area (Å²) in [5.41, 5.74) is -0.0414. The molecule has 0 aliphatic heterocycles. The van der Waals surface area contributed by atoms with Crippen LogP contribution in [0.4, 0.5) is 0 Å². The van der Waals surface area contributed by atoms with Gasteiger partial charge in [-0.05, 0) is 144 Å². The fourth-order valence-corrected chi connectivity index (χ4v) is 9.87. The molecule has 4 fully saturated rings. The molecule has 0 radical (unpaired) electrons. The van der Waals surface area contributed by atoms with E-state index in [0.717, 1.165) is 74.7 Å². The second-order valence-corrected chi connectivity index (χ2v) is 14.2. The van der Waals surface area contributed by atoms with Gasteiger partial charge in [0.25, 0.3) is 0 Å². The predicted octanol–water partition coefficient (Wildman–Crippen LogP) is 6.99. The summed E-state index contributed by atoms with van der Waals surface area (Å²) in [6.45, 7) is 12.6. The molecule has 0 saturated heterocycles. The minimum Gasteiger partial charge on any atom is -0.390 e. The number of fused-ring (bicyclic) bond motifs is 5. The maximum Gasteiger partial charge on any atom is 0.0622 e. The van der Waals surface area contributed by atoms with Gasteiger partial charge in [0.2, 0.25) is 0 Å². The lowest BCUT2D eigenvalue weighted by atomic mass is 9.43. The first-order valence-corrected chi connectivity index (χ1v) is 14.4. The standard InChI is InChI=1S/C30H54O3/c1-21(12-15-27(2,31)14-7-19-33-6)24-10-11-25-23-9-8-22-20-28(3,32)17-18-29(22,4)26(23)13-16-30(24,25)5/h21-26,31-32H,7-20H2,1-6H3/t21-,22+,23+,24-,25+,26+,27+,28+,29+,30-/m1/s1. The molecule has 33 heavy (non-hydrogen) atoms. The highest BCUT2D eigenvalue weighted by Gasteiger charge is 2.61. The maximum absolute atomic E-state index is 10.9. The summed E-state index contributed by atoms with van der Waals surface area (Å²) in [5.74, 6) is 4.91. The smallest absolute Gasteiger partial charge is 0.0622 e. The van der Waals surface area contributed by atoms with Crippen LogP contribution in [-0.2, 0) is 4.74 Å². The van der Waals surface area contributed by atoms with Gasteiger partial charge in [-0.1, -0.05) is 20.8 Å². The molecule has 0 aromatic carbocycles. The highest BCUT2D eigenvalue weighted by molar-refractivity contribution is 5.10. The molecule has 0 aromatic rings.